The average Bonchev–Trinajstić information content (AvgIpc) is 3.27. The molecule has 0 saturated heterocycles. The van der Waals surface area contributed by atoms with E-state index in [0.29, 0.717) is 0 Å². The van der Waals surface area contributed by atoms with E-state index in [0.717, 1.165) is 36.4 Å². The van der Waals surface area contributed by atoms with Gasteiger partial charge in [0.05, 0.1) is 86.9 Å². The molecule has 1 heterocycles. The lowest BCUT2D eigenvalue weighted by atomic mass is 10.1. The number of rotatable bonds is 26. The maximum Gasteiger partial charge on any atom is 0.335 e. The van der Waals surface area contributed by atoms with Crippen LogP contribution in [0.15, 0.2) is 93.3 Å². The van der Waals surface area contributed by atoms with Crippen molar-refractivity contribution in [2.45, 2.75) is 12.8 Å². The molecule has 5 aromatic rings. The first kappa shape index (κ1) is 53.7. The molecule has 0 aliphatic carbocycles. The molecule has 0 unspecified atom stereocenters. The minimum atomic E-state index is -4.48. The summed E-state index contributed by atoms with van der Waals surface area (Å²) in [5, 5.41) is 62.0. The van der Waals surface area contributed by atoms with Gasteiger partial charge in [-0.3, -0.25) is 13.7 Å². The van der Waals surface area contributed by atoms with Crippen LogP contribution >= 0.6 is 0 Å². The molecule has 0 amide bonds. The second-order valence-electron chi connectivity index (χ2n) is 14.3. The molecule has 0 fully saturated rings. The van der Waals surface area contributed by atoms with E-state index in [1.807, 2.05) is 0 Å². The number of hydrogen-bond donors (Lipinski definition) is 10. The van der Waals surface area contributed by atoms with Crippen LogP contribution in [0.2, 0.25) is 0 Å². The first-order valence-corrected chi connectivity index (χ1v) is 24.6. The summed E-state index contributed by atoms with van der Waals surface area (Å²) in [6.07, 6.45) is -0.425. The number of carboxylic acids is 4. The van der Waals surface area contributed by atoms with E-state index in [4.69, 9.17) is 9.47 Å². The molecule has 0 aliphatic rings. The summed E-state index contributed by atoms with van der Waals surface area (Å²) in [7, 11) is -13.3. The molecule has 29 nitrogen and oxygen atoms in total. The molecule has 10 N–H and O–H groups in total. The molecule has 0 bridgehead atoms. The van der Waals surface area contributed by atoms with Crippen molar-refractivity contribution in [3.8, 4) is 11.5 Å². The van der Waals surface area contributed by atoms with E-state index in [9.17, 15) is 78.5 Å². The van der Waals surface area contributed by atoms with Crippen LogP contribution in [0.25, 0.3) is 0 Å². The summed E-state index contributed by atoms with van der Waals surface area (Å²) in [5.74, 6) is -8.95. The summed E-state index contributed by atoms with van der Waals surface area (Å²) in [6.45, 7) is -1.06. The number of azo groups is 2. The molecule has 32 heteroatoms. The normalized spacial score (nSPS) is 11.9. The third-order valence-electron chi connectivity index (χ3n) is 8.70. The van der Waals surface area contributed by atoms with E-state index in [1.165, 1.54) is 36.4 Å². The predicted octanol–water partition coefficient (Wildman–Crippen LogP) is 5.60. The topological polar surface area (TPSA) is 455 Å². The summed E-state index contributed by atoms with van der Waals surface area (Å²) < 4.78 is 108. The van der Waals surface area contributed by atoms with Gasteiger partial charge in [0, 0.05) is 18.7 Å². The fourth-order valence-corrected chi connectivity index (χ4v) is 6.93. The van der Waals surface area contributed by atoms with Crippen LogP contribution < -0.4 is 25.4 Å². The zero-order valence-electron chi connectivity index (χ0n) is 36.0. The number of hydrogen-bond acceptors (Lipinski definition) is 22. The lowest BCUT2D eigenvalue weighted by Crippen LogP contribution is -2.17. The molecule has 376 valence electrons. The highest BCUT2D eigenvalue weighted by molar-refractivity contribution is 7.86. The van der Waals surface area contributed by atoms with Gasteiger partial charge in [-0.2, -0.15) is 60.7 Å². The Morgan fingerprint density at radius 3 is 1.14 bits per heavy atom. The van der Waals surface area contributed by atoms with Crippen molar-refractivity contribution in [3.05, 3.63) is 95.1 Å². The first-order chi connectivity index (χ1) is 33.3. The monoisotopic (exact) mass is 1050 g/mol. The van der Waals surface area contributed by atoms with Gasteiger partial charge in [-0.1, -0.05) is 0 Å². The van der Waals surface area contributed by atoms with Crippen molar-refractivity contribution in [1.82, 2.24) is 15.0 Å². The van der Waals surface area contributed by atoms with Crippen molar-refractivity contribution in [3.63, 3.8) is 0 Å². The quantitative estimate of drug-likeness (QED) is 0.0183. The van der Waals surface area contributed by atoms with Crippen LogP contribution in [0.1, 0.15) is 54.3 Å². The Kier molecular flexibility index (Phi) is 17.6. The number of benzene rings is 4. The van der Waals surface area contributed by atoms with Crippen LogP contribution in [0.3, 0.4) is 0 Å². The van der Waals surface area contributed by atoms with Gasteiger partial charge >= 0.3 is 23.9 Å². The van der Waals surface area contributed by atoms with Crippen LogP contribution in [0, 0.1) is 0 Å². The van der Waals surface area contributed by atoms with Gasteiger partial charge in [-0.25, -0.2) is 19.2 Å². The maximum atomic E-state index is 11.6. The van der Waals surface area contributed by atoms with Crippen molar-refractivity contribution in [2.75, 3.05) is 53.0 Å². The molecule has 0 saturated carbocycles. The third kappa shape index (κ3) is 17.9. The van der Waals surface area contributed by atoms with Crippen molar-refractivity contribution < 1.29 is 88.0 Å². The van der Waals surface area contributed by atoms with E-state index >= 15 is 0 Å². The maximum absolute atomic E-state index is 11.6. The van der Waals surface area contributed by atoms with Crippen molar-refractivity contribution in [1.29, 1.82) is 0 Å². The molecule has 0 spiro atoms. The van der Waals surface area contributed by atoms with E-state index in [-0.39, 0.29) is 112 Å². The number of aromatic nitrogens is 3. The first-order valence-electron chi connectivity index (χ1n) is 19.8. The summed E-state index contributed by atoms with van der Waals surface area (Å²) in [4.78, 5) is 59.2. The SMILES string of the molecule is O=C(O)c1cc(N=Nc2ccc(Nc3nc(NCCS(=O)(=O)O)nc(Nc4ccc(N=Nc5cc(C(=O)O)cc(C(=O)O)c5)cc4OCCCS(=O)(=O)O)n3)c(OCCCS(=O)(=O)O)c2)cc(C(=O)O)c1. The standard InChI is InChI=1S/C39H38N10O19S3/c50-33(51)21-13-22(34(52)53)16-27(15-21)48-46-25-3-5-29(31(19-25)67-8-1-10-69(58,59)60)41-38-43-37(40-7-12-71(64,65)66)44-39(45-38)42-30-6-4-26(20-32(30)68-9-2-11-70(61,62)63)47-49-28-17-23(35(54)55)14-24(18-28)36(56)57/h3-6,13-20H,1-2,7-12H2,(H,50,51)(H,52,53)(H,54,55)(H,56,57)(H,58,59,60)(H,61,62,63)(H,64,65,66)(H3,40,41,42,43,44,45). The van der Waals surface area contributed by atoms with E-state index in [2.05, 4.69) is 51.4 Å². The fourth-order valence-electron chi connectivity index (χ4n) is 5.60. The molecule has 4 aromatic carbocycles. The van der Waals surface area contributed by atoms with Crippen LogP contribution in [-0.4, -0.2) is 135 Å². The predicted molar refractivity (Wildman–Crippen MR) is 246 cm³/mol. The number of aromatic carboxylic acids is 4. The number of ether oxygens (including phenoxy) is 2. The van der Waals surface area contributed by atoms with Gasteiger partial charge in [-0.05, 0) is 73.5 Å². The number of nitrogens with zero attached hydrogens (tertiary/aromatic N) is 7. The molecule has 0 aliphatic heterocycles. The molecular formula is C39H38N10O19S3. The zero-order valence-corrected chi connectivity index (χ0v) is 38.4. The summed E-state index contributed by atoms with van der Waals surface area (Å²) in [5.41, 5.74) is -1.67. The molecule has 71 heavy (non-hydrogen) atoms. The second-order valence-corrected chi connectivity index (χ2v) is 19.0. The molecule has 0 radical (unpaired) electrons. The van der Waals surface area contributed by atoms with Crippen LogP contribution in [0.5, 0.6) is 11.5 Å². The van der Waals surface area contributed by atoms with E-state index in [1.54, 1.807) is 0 Å². The Morgan fingerprint density at radius 1 is 0.465 bits per heavy atom. The lowest BCUT2D eigenvalue weighted by molar-refractivity contribution is 0.0676. The smallest absolute Gasteiger partial charge is 0.335 e. The Hall–Kier alpha value is -8.30. The number of carboxylic acid groups (broad SMARTS) is 4. The Balaban J connectivity index is 1.53. The van der Waals surface area contributed by atoms with Gasteiger partial charge in [0.25, 0.3) is 30.4 Å². The van der Waals surface area contributed by atoms with Gasteiger partial charge in [0.1, 0.15) is 11.5 Å². The third-order valence-corrected chi connectivity index (χ3v) is 11.0. The van der Waals surface area contributed by atoms with Gasteiger partial charge in [0.2, 0.25) is 17.8 Å². The largest absolute Gasteiger partial charge is 0.491 e. The minimum Gasteiger partial charge on any atom is -0.491 e. The highest BCUT2D eigenvalue weighted by Gasteiger charge is 2.18. The number of carbonyl (C=O) groups is 4. The Bertz CT molecular complexity index is 3010. The zero-order chi connectivity index (χ0) is 52.1. The molecule has 5 rings (SSSR count). The van der Waals surface area contributed by atoms with Crippen molar-refractivity contribution >= 4 is 106 Å². The molecule has 0 atom stereocenters. The highest BCUT2D eigenvalue weighted by atomic mass is 32.2. The van der Waals surface area contributed by atoms with Crippen LogP contribution in [0.4, 0.5) is 52.0 Å². The van der Waals surface area contributed by atoms with E-state index < -0.39 is 78.0 Å². The lowest BCUT2D eigenvalue weighted by Gasteiger charge is -2.16. The van der Waals surface area contributed by atoms with Crippen LogP contribution in [-0.2, 0) is 30.4 Å². The minimum absolute atomic E-state index is 0.0365. The summed E-state index contributed by atoms with van der Waals surface area (Å²) in [6, 6.07) is 14.1. The van der Waals surface area contributed by atoms with Gasteiger partial charge < -0.3 is 45.9 Å². The Morgan fingerprint density at radius 2 is 0.803 bits per heavy atom. The van der Waals surface area contributed by atoms with Gasteiger partial charge in [0.15, 0.2) is 0 Å². The highest BCUT2D eigenvalue weighted by Crippen LogP contribution is 2.35. The summed E-state index contributed by atoms with van der Waals surface area (Å²) >= 11 is 0. The molecule has 1 aromatic heterocycles. The molecular weight excluding hydrogens is 1010 g/mol. The van der Waals surface area contributed by atoms with Gasteiger partial charge in [-0.15, -0.1) is 0 Å². The number of nitrogens with one attached hydrogen (secondary N) is 3. The fraction of sp³-hybridized carbons (Fsp3) is 0.205. The Labute approximate surface area is 400 Å². The second kappa shape index (κ2) is 23.3. The van der Waals surface area contributed by atoms with Crippen molar-refractivity contribution in [2.24, 2.45) is 20.5 Å². The average molecular weight is 1050 g/mol. The number of anilines is 5.